The summed E-state index contributed by atoms with van der Waals surface area (Å²) in [6.07, 6.45) is 0.0981. The van der Waals surface area contributed by atoms with Crippen molar-refractivity contribution in [2.45, 2.75) is 13.3 Å². The number of hydrogen-bond donors (Lipinski definition) is 2. The number of nitrogens with one attached hydrogen (secondary N) is 2. The molecule has 0 saturated carbocycles. The van der Waals surface area contributed by atoms with E-state index < -0.39 is 5.91 Å². The van der Waals surface area contributed by atoms with E-state index >= 15 is 0 Å². The molecular formula is C18H17N3O3S2. The Bertz CT molecular complexity index is 891. The van der Waals surface area contributed by atoms with Crippen LogP contribution >= 0.6 is 22.7 Å². The highest BCUT2D eigenvalue weighted by molar-refractivity contribution is 7.20. The number of rotatable bonds is 6. The Kier molecular flexibility index (Phi) is 5.98. The second kappa shape index (κ2) is 8.59. The third-order valence-electron chi connectivity index (χ3n) is 3.33. The maximum atomic E-state index is 11.9. The van der Waals surface area contributed by atoms with Crippen LogP contribution in [-0.2, 0) is 16.0 Å². The molecule has 2 amide bonds. The summed E-state index contributed by atoms with van der Waals surface area (Å²) in [5.74, 6) is -0.163. The largest absolute Gasteiger partial charge is 0.484 e. The highest BCUT2D eigenvalue weighted by atomic mass is 32.1. The monoisotopic (exact) mass is 387 g/mol. The third-order valence-corrected chi connectivity index (χ3v) is 5.26. The van der Waals surface area contributed by atoms with Crippen molar-refractivity contribution in [3.8, 4) is 15.6 Å². The van der Waals surface area contributed by atoms with Gasteiger partial charge < -0.3 is 4.74 Å². The molecule has 0 spiro atoms. The molecule has 26 heavy (non-hydrogen) atoms. The summed E-state index contributed by atoms with van der Waals surface area (Å²) >= 11 is 3.10. The second-order valence-corrected chi connectivity index (χ2v) is 7.31. The fraction of sp³-hybridized carbons (Fsp3) is 0.167. The molecule has 2 heterocycles. The Hall–Kier alpha value is -2.71. The Morgan fingerprint density at radius 3 is 2.73 bits per heavy atom. The van der Waals surface area contributed by atoms with Gasteiger partial charge in [0.05, 0.1) is 17.0 Å². The van der Waals surface area contributed by atoms with Crippen molar-refractivity contribution < 1.29 is 14.3 Å². The number of nitrogens with zero attached hydrogens (tertiary/aromatic N) is 1. The van der Waals surface area contributed by atoms with Crippen LogP contribution in [0.3, 0.4) is 0 Å². The molecule has 0 aliphatic rings. The molecule has 0 fully saturated rings. The van der Waals surface area contributed by atoms with E-state index in [1.54, 1.807) is 17.4 Å². The second-order valence-electron chi connectivity index (χ2n) is 5.50. The van der Waals surface area contributed by atoms with Gasteiger partial charge in [0.15, 0.2) is 6.61 Å². The lowest BCUT2D eigenvalue weighted by Crippen LogP contribution is -2.44. The molecule has 2 N–H and O–H groups in total. The van der Waals surface area contributed by atoms with E-state index in [1.165, 1.54) is 11.3 Å². The van der Waals surface area contributed by atoms with E-state index in [9.17, 15) is 9.59 Å². The van der Waals surface area contributed by atoms with Crippen LogP contribution in [0.4, 0.5) is 0 Å². The number of hydrazine groups is 1. The summed E-state index contributed by atoms with van der Waals surface area (Å²) < 4.78 is 5.37. The van der Waals surface area contributed by atoms with Crippen LogP contribution in [0.25, 0.3) is 9.88 Å². The molecular weight excluding hydrogens is 370 g/mol. The average molecular weight is 387 g/mol. The number of thiazole rings is 1. The number of thiophene rings is 1. The van der Waals surface area contributed by atoms with Crippen LogP contribution in [0, 0.1) is 6.92 Å². The fourth-order valence-corrected chi connectivity index (χ4v) is 3.77. The lowest BCUT2D eigenvalue weighted by Gasteiger charge is -2.08. The maximum Gasteiger partial charge on any atom is 0.276 e. The van der Waals surface area contributed by atoms with E-state index in [4.69, 9.17) is 4.74 Å². The molecule has 1 aromatic carbocycles. The van der Waals surface area contributed by atoms with Crippen LogP contribution in [0.15, 0.2) is 47.2 Å². The van der Waals surface area contributed by atoms with E-state index in [0.717, 1.165) is 15.4 Å². The van der Waals surface area contributed by atoms with E-state index in [-0.39, 0.29) is 18.9 Å². The zero-order valence-electron chi connectivity index (χ0n) is 14.0. The van der Waals surface area contributed by atoms with E-state index in [1.807, 2.05) is 48.0 Å². The van der Waals surface area contributed by atoms with Gasteiger partial charge in [-0.3, -0.25) is 20.4 Å². The van der Waals surface area contributed by atoms with Crippen molar-refractivity contribution in [3.63, 3.8) is 0 Å². The Morgan fingerprint density at radius 2 is 1.96 bits per heavy atom. The van der Waals surface area contributed by atoms with E-state index in [2.05, 4.69) is 15.8 Å². The number of hydrogen-bond acceptors (Lipinski definition) is 6. The number of benzene rings is 1. The van der Waals surface area contributed by atoms with Crippen molar-refractivity contribution in [1.82, 2.24) is 15.8 Å². The van der Waals surface area contributed by atoms with Crippen molar-refractivity contribution in [2.75, 3.05) is 6.61 Å². The molecule has 3 aromatic rings. The van der Waals surface area contributed by atoms with Crippen LogP contribution < -0.4 is 15.6 Å². The van der Waals surface area contributed by atoms with Gasteiger partial charge in [-0.15, -0.1) is 22.7 Å². The molecule has 0 unspecified atom stereocenters. The first-order valence-corrected chi connectivity index (χ1v) is 9.61. The number of aryl methyl sites for hydroxylation is 1. The van der Waals surface area contributed by atoms with Gasteiger partial charge >= 0.3 is 0 Å². The summed E-state index contributed by atoms with van der Waals surface area (Å²) in [6, 6.07) is 11.3. The molecule has 0 aliphatic heterocycles. The Labute approximate surface area is 158 Å². The van der Waals surface area contributed by atoms with Gasteiger partial charge in [0, 0.05) is 5.38 Å². The van der Waals surface area contributed by atoms with Crippen molar-refractivity contribution in [2.24, 2.45) is 0 Å². The molecule has 2 aromatic heterocycles. The highest BCUT2D eigenvalue weighted by Crippen LogP contribution is 2.27. The van der Waals surface area contributed by atoms with Crippen LogP contribution in [0.5, 0.6) is 5.75 Å². The summed E-state index contributed by atoms with van der Waals surface area (Å²) in [4.78, 5) is 29.2. The number of carbonyl (C=O) groups excluding carboxylic acids is 2. The number of amides is 2. The molecule has 0 radical (unpaired) electrons. The molecule has 0 saturated heterocycles. The molecule has 0 aliphatic carbocycles. The van der Waals surface area contributed by atoms with Crippen molar-refractivity contribution in [1.29, 1.82) is 0 Å². The quantitative estimate of drug-likeness (QED) is 0.637. The van der Waals surface area contributed by atoms with Gasteiger partial charge in [0.2, 0.25) is 5.91 Å². The number of aromatic nitrogens is 1. The predicted octanol–water partition coefficient (Wildman–Crippen LogP) is 2.95. The molecule has 6 nitrogen and oxygen atoms in total. The minimum Gasteiger partial charge on any atom is -0.484 e. The zero-order valence-corrected chi connectivity index (χ0v) is 15.7. The Balaban J connectivity index is 1.41. The van der Waals surface area contributed by atoms with Gasteiger partial charge in [-0.2, -0.15) is 0 Å². The first kappa shape index (κ1) is 18.1. The number of carbonyl (C=O) groups is 2. The van der Waals surface area contributed by atoms with Crippen molar-refractivity contribution >= 4 is 34.5 Å². The van der Waals surface area contributed by atoms with Gasteiger partial charge in [0.25, 0.3) is 5.91 Å². The smallest absolute Gasteiger partial charge is 0.276 e. The van der Waals surface area contributed by atoms with Crippen molar-refractivity contribution in [3.05, 3.63) is 58.4 Å². The first-order chi connectivity index (χ1) is 12.6. The van der Waals surface area contributed by atoms with Gasteiger partial charge in [-0.25, -0.2) is 4.98 Å². The predicted molar refractivity (Wildman–Crippen MR) is 102 cm³/mol. The maximum absolute atomic E-state index is 11.9. The summed E-state index contributed by atoms with van der Waals surface area (Å²) in [7, 11) is 0. The fourth-order valence-electron chi connectivity index (χ4n) is 2.14. The summed E-state index contributed by atoms with van der Waals surface area (Å²) in [5.41, 5.74) is 6.42. The molecule has 134 valence electrons. The lowest BCUT2D eigenvalue weighted by molar-refractivity contribution is -0.129. The molecule has 0 bridgehead atoms. The SMILES string of the molecule is Cc1cccc(OCC(=O)NNC(=O)Cc2csc(-c3cccs3)n2)c1. The number of ether oxygens (including phenoxy) is 1. The highest BCUT2D eigenvalue weighted by Gasteiger charge is 2.11. The molecule has 3 rings (SSSR count). The third kappa shape index (κ3) is 5.14. The summed E-state index contributed by atoms with van der Waals surface area (Å²) in [6.45, 7) is 1.76. The minimum atomic E-state index is -0.433. The van der Waals surface area contributed by atoms with E-state index in [0.29, 0.717) is 11.4 Å². The first-order valence-electron chi connectivity index (χ1n) is 7.85. The van der Waals surface area contributed by atoms with Gasteiger partial charge in [-0.1, -0.05) is 18.2 Å². The van der Waals surface area contributed by atoms with Crippen LogP contribution in [-0.4, -0.2) is 23.4 Å². The summed E-state index contributed by atoms with van der Waals surface area (Å²) in [5, 5.41) is 4.72. The standard InChI is InChI=1S/C18H17N3O3S2/c1-12-4-2-5-14(8-12)24-10-17(23)21-20-16(22)9-13-11-26-18(19-13)15-6-3-7-25-15/h2-8,11H,9-10H2,1H3,(H,20,22)(H,21,23). The van der Waals surface area contributed by atoms with Crippen LogP contribution in [0.2, 0.25) is 0 Å². The lowest BCUT2D eigenvalue weighted by atomic mass is 10.2. The molecule has 0 atom stereocenters. The van der Waals surface area contributed by atoms with Crippen LogP contribution in [0.1, 0.15) is 11.3 Å². The molecule has 8 heteroatoms. The van der Waals surface area contributed by atoms with Gasteiger partial charge in [0.1, 0.15) is 10.8 Å². The Morgan fingerprint density at radius 1 is 1.12 bits per heavy atom. The zero-order chi connectivity index (χ0) is 18.4. The topological polar surface area (TPSA) is 80.3 Å². The minimum absolute atomic E-state index is 0.0981. The van der Waals surface area contributed by atoms with Gasteiger partial charge in [-0.05, 0) is 36.1 Å². The average Bonchev–Trinajstić information content (AvgIpc) is 3.29. The normalized spacial score (nSPS) is 10.3.